The van der Waals surface area contributed by atoms with Crippen LogP contribution < -0.4 is 0 Å². The van der Waals surface area contributed by atoms with Crippen LogP contribution in [0.4, 0.5) is 0 Å². The molecular formula is C8H10O4. The van der Waals surface area contributed by atoms with E-state index in [1.807, 2.05) is 0 Å². The first-order valence-corrected chi connectivity index (χ1v) is 3.20. The Balaban J connectivity index is 0.000000202. The first kappa shape index (κ1) is 10.4. The lowest BCUT2D eigenvalue weighted by Crippen LogP contribution is -2.15. The molecule has 1 heterocycles. The fourth-order valence-electron chi connectivity index (χ4n) is 0.314. The van der Waals surface area contributed by atoms with E-state index in [4.69, 9.17) is 5.11 Å². The van der Waals surface area contributed by atoms with E-state index >= 15 is 0 Å². The molecular weight excluding hydrogens is 160 g/mol. The first-order valence-electron chi connectivity index (χ1n) is 3.20. The van der Waals surface area contributed by atoms with Gasteiger partial charge in [0.15, 0.2) is 0 Å². The van der Waals surface area contributed by atoms with E-state index in [1.54, 1.807) is 0 Å². The lowest BCUT2D eigenvalue weighted by atomic mass is 10.3. The van der Waals surface area contributed by atoms with Gasteiger partial charge in [-0.05, 0) is 6.92 Å². The van der Waals surface area contributed by atoms with Crippen LogP contribution in [0, 0.1) is 0 Å². The Morgan fingerprint density at radius 1 is 1.67 bits per heavy atom. The van der Waals surface area contributed by atoms with Crippen molar-refractivity contribution < 1.29 is 19.4 Å². The standard InChI is InChI=1S/C4H4O2.C4H6O2/c1-3-2-4(5)6-3;1-3(2)4(5)6/h1-2H2;1H2,2H3,(H,5,6). The predicted molar refractivity (Wildman–Crippen MR) is 42.3 cm³/mol. The van der Waals surface area contributed by atoms with Crippen LogP contribution in [0.1, 0.15) is 13.3 Å². The Morgan fingerprint density at radius 3 is 2.00 bits per heavy atom. The average Bonchev–Trinajstić information content (AvgIpc) is 1.86. The molecule has 0 amide bonds. The number of hydrogen-bond donors (Lipinski definition) is 1. The van der Waals surface area contributed by atoms with Crippen molar-refractivity contribution in [3.63, 3.8) is 0 Å². The summed E-state index contributed by atoms with van der Waals surface area (Å²) in [5.74, 6) is -0.519. The Morgan fingerprint density at radius 2 is 2.00 bits per heavy atom. The van der Waals surface area contributed by atoms with Crippen molar-refractivity contribution in [2.24, 2.45) is 0 Å². The number of cyclic esters (lactones) is 1. The molecule has 12 heavy (non-hydrogen) atoms. The minimum atomic E-state index is -0.935. The Bertz CT molecular complexity index is 205. The third-order valence-corrected chi connectivity index (χ3v) is 0.965. The van der Waals surface area contributed by atoms with Crippen LogP contribution in [0.2, 0.25) is 0 Å². The van der Waals surface area contributed by atoms with Gasteiger partial charge in [0.05, 0.1) is 0 Å². The van der Waals surface area contributed by atoms with Gasteiger partial charge in [0.1, 0.15) is 12.2 Å². The second-order valence-corrected chi connectivity index (χ2v) is 2.28. The zero-order chi connectivity index (χ0) is 9.72. The van der Waals surface area contributed by atoms with Crippen molar-refractivity contribution >= 4 is 11.9 Å². The number of carbonyl (C=O) groups is 2. The summed E-state index contributed by atoms with van der Waals surface area (Å²) in [5.41, 5.74) is 0.176. The van der Waals surface area contributed by atoms with E-state index in [9.17, 15) is 9.59 Å². The molecule has 0 aliphatic carbocycles. The zero-order valence-corrected chi connectivity index (χ0v) is 6.79. The van der Waals surface area contributed by atoms with E-state index in [2.05, 4.69) is 17.9 Å². The number of ether oxygens (including phenoxy) is 1. The van der Waals surface area contributed by atoms with Crippen LogP contribution in [-0.2, 0) is 14.3 Å². The maximum atomic E-state index is 9.83. The van der Waals surface area contributed by atoms with Crippen LogP contribution in [0.25, 0.3) is 0 Å². The maximum absolute atomic E-state index is 9.83. The van der Waals surface area contributed by atoms with E-state index in [1.165, 1.54) is 6.92 Å². The van der Waals surface area contributed by atoms with Crippen LogP contribution in [0.5, 0.6) is 0 Å². The topological polar surface area (TPSA) is 63.6 Å². The second kappa shape index (κ2) is 4.33. The molecule has 0 aromatic rings. The second-order valence-electron chi connectivity index (χ2n) is 2.28. The molecule has 4 heteroatoms. The highest BCUT2D eigenvalue weighted by molar-refractivity contribution is 5.84. The van der Waals surface area contributed by atoms with E-state index < -0.39 is 5.97 Å². The number of carboxylic acids is 1. The van der Waals surface area contributed by atoms with E-state index in [0.717, 1.165) is 0 Å². The van der Waals surface area contributed by atoms with E-state index in [0.29, 0.717) is 12.2 Å². The quantitative estimate of drug-likeness (QED) is 0.472. The highest BCUT2D eigenvalue weighted by Gasteiger charge is 2.17. The Kier molecular flexibility index (Phi) is 3.76. The molecule has 0 bridgehead atoms. The summed E-state index contributed by atoms with van der Waals surface area (Å²) in [5, 5.41) is 7.89. The Hall–Kier alpha value is -1.58. The highest BCUT2D eigenvalue weighted by atomic mass is 16.6. The van der Waals surface area contributed by atoms with Gasteiger partial charge in [0.2, 0.25) is 0 Å². The van der Waals surface area contributed by atoms with E-state index in [-0.39, 0.29) is 11.5 Å². The molecule has 0 radical (unpaired) electrons. The number of aliphatic carboxylic acids is 1. The largest absolute Gasteiger partial charge is 0.478 e. The van der Waals surface area contributed by atoms with Gasteiger partial charge in [0, 0.05) is 5.57 Å². The monoisotopic (exact) mass is 170 g/mol. The van der Waals surface area contributed by atoms with Crippen LogP contribution >= 0.6 is 0 Å². The molecule has 1 N–H and O–H groups in total. The molecule has 0 aromatic carbocycles. The first-order chi connectivity index (χ1) is 5.43. The van der Waals surface area contributed by atoms with Crippen molar-refractivity contribution in [3.8, 4) is 0 Å². The van der Waals surface area contributed by atoms with Gasteiger partial charge in [-0.3, -0.25) is 4.79 Å². The van der Waals surface area contributed by atoms with Gasteiger partial charge in [-0.1, -0.05) is 13.2 Å². The molecule has 1 aliphatic heterocycles. The molecule has 4 nitrogen and oxygen atoms in total. The summed E-state index contributed by atoms with van der Waals surface area (Å²) in [6, 6.07) is 0. The zero-order valence-electron chi connectivity index (χ0n) is 6.79. The summed E-state index contributed by atoms with van der Waals surface area (Å²) >= 11 is 0. The summed E-state index contributed by atoms with van der Waals surface area (Å²) < 4.78 is 4.31. The number of rotatable bonds is 1. The fourth-order valence-corrected chi connectivity index (χ4v) is 0.314. The summed E-state index contributed by atoms with van der Waals surface area (Å²) in [7, 11) is 0. The van der Waals surface area contributed by atoms with Gasteiger partial charge in [-0.15, -0.1) is 0 Å². The van der Waals surface area contributed by atoms with Crippen LogP contribution in [0.15, 0.2) is 24.5 Å². The molecule has 0 unspecified atom stereocenters. The van der Waals surface area contributed by atoms with Gasteiger partial charge >= 0.3 is 11.9 Å². The minimum absolute atomic E-state index is 0.167. The molecule has 1 rings (SSSR count). The molecule has 0 aromatic heterocycles. The number of carboxylic acid groups (broad SMARTS) is 1. The lowest BCUT2D eigenvalue weighted by molar-refractivity contribution is -0.148. The van der Waals surface area contributed by atoms with Crippen molar-refractivity contribution in [1.29, 1.82) is 0 Å². The average molecular weight is 170 g/mol. The van der Waals surface area contributed by atoms with Gasteiger partial charge < -0.3 is 9.84 Å². The smallest absolute Gasteiger partial charge is 0.330 e. The van der Waals surface area contributed by atoms with Crippen LogP contribution in [-0.4, -0.2) is 17.0 Å². The molecule has 0 spiro atoms. The van der Waals surface area contributed by atoms with Crippen molar-refractivity contribution in [1.82, 2.24) is 0 Å². The van der Waals surface area contributed by atoms with Crippen molar-refractivity contribution in [3.05, 3.63) is 24.5 Å². The normalized spacial score (nSPS) is 13.4. The van der Waals surface area contributed by atoms with Crippen LogP contribution in [0.3, 0.4) is 0 Å². The van der Waals surface area contributed by atoms with Gasteiger partial charge in [-0.2, -0.15) is 0 Å². The molecule has 66 valence electrons. The fraction of sp³-hybridized carbons (Fsp3) is 0.250. The summed E-state index contributed by atoms with van der Waals surface area (Å²) in [6.45, 7) is 7.97. The van der Waals surface area contributed by atoms with Crippen molar-refractivity contribution in [2.75, 3.05) is 0 Å². The molecule has 0 saturated carbocycles. The SMILES string of the molecule is C=C(C)C(=O)O.C=C1CC(=O)O1. The third-order valence-electron chi connectivity index (χ3n) is 0.965. The lowest BCUT2D eigenvalue weighted by Gasteiger charge is -2.12. The summed E-state index contributed by atoms with van der Waals surface area (Å²) in [6.07, 6.45) is 0.417. The van der Waals surface area contributed by atoms with Crippen molar-refractivity contribution in [2.45, 2.75) is 13.3 Å². The Labute approximate surface area is 70.1 Å². The molecule has 1 fully saturated rings. The number of carbonyl (C=O) groups excluding carboxylic acids is 1. The molecule has 1 aliphatic rings. The van der Waals surface area contributed by atoms with Gasteiger partial charge in [-0.25, -0.2) is 4.79 Å². The third kappa shape index (κ3) is 4.27. The number of esters is 1. The number of hydrogen-bond acceptors (Lipinski definition) is 3. The minimum Gasteiger partial charge on any atom is -0.478 e. The molecule has 0 atom stereocenters. The van der Waals surface area contributed by atoms with Gasteiger partial charge in [0.25, 0.3) is 0 Å². The highest BCUT2D eigenvalue weighted by Crippen LogP contribution is 2.13. The maximum Gasteiger partial charge on any atom is 0.330 e. The molecule has 1 saturated heterocycles. The summed E-state index contributed by atoms with van der Waals surface area (Å²) in [4.78, 5) is 19.4. The predicted octanol–water partition coefficient (Wildman–Crippen LogP) is 1.09.